The maximum Gasteiger partial charge on any atom is 0.264 e. The van der Waals surface area contributed by atoms with Gasteiger partial charge in [-0.25, -0.2) is 17.9 Å². The zero-order valence-corrected chi connectivity index (χ0v) is 18.9. The van der Waals surface area contributed by atoms with E-state index in [-0.39, 0.29) is 16.7 Å². The minimum absolute atomic E-state index is 0.0476. The Balaban J connectivity index is 1.56. The van der Waals surface area contributed by atoms with Gasteiger partial charge in [-0.05, 0) is 60.5 Å². The molecule has 4 heterocycles. The quantitative estimate of drug-likeness (QED) is 0.496. The summed E-state index contributed by atoms with van der Waals surface area (Å²) in [6.45, 7) is 2.40. The Morgan fingerprint density at radius 3 is 2.57 bits per heavy atom. The number of fused-ring (bicyclic) bond motifs is 1. The van der Waals surface area contributed by atoms with Crippen molar-refractivity contribution in [1.29, 1.82) is 0 Å². The van der Waals surface area contributed by atoms with Crippen LogP contribution in [0, 0.1) is 6.92 Å². The molecule has 30 heavy (non-hydrogen) atoms. The van der Waals surface area contributed by atoms with Crippen LogP contribution in [0.25, 0.3) is 5.65 Å². The maximum absolute atomic E-state index is 12.9. The molecule has 0 radical (unpaired) electrons. The van der Waals surface area contributed by atoms with Crippen molar-refractivity contribution in [1.82, 2.24) is 23.3 Å². The van der Waals surface area contributed by atoms with Gasteiger partial charge in [-0.3, -0.25) is 4.18 Å². The van der Waals surface area contributed by atoms with Crippen LogP contribution in [-0.2, 0) is 30.9 Å². The van der Waals surface area contributed by atoms with Crippen molar-refractivity contribution >= 4 is 37.3 Å². The number of aryl methyl sites for hydroxylation is 1. The first-order valence-electron chi connectivity index (χ1n) is 9.23. The lowest BCUT2D eigenvalue weighted by molar-refractivity contribution is 0.299. The molecule has 4 rings (SSSR count). The molecule has 0 aromatic carbocycles. The Labute approximate surface area is 178 Å². The first-order valence-corrected chi connectivity index (χ1v) is 13.3. The fourth-order valence-corrected chi connectivity index (χ4v) is 6.50. The van der Waals surface area contributed by atoms with E-state index in [0.717, 1.165) is 23.4 Å². The molecular formula is C17H21N5O5S3. The average Bonchev–Trinajstić information content (AvgIpc) is 3.33. The van der Waals surface area contributed by atoms with Crippen molar-refractivity contribution < 1.29 is 21.0 Å². The van der Waals surface area contributed by atoms with E-state index in [2.05, 4.69) is 14.5 Å². The molecule has 0 saturated carbocycles. The minimum Gasteiger partial charge on any atom is -0.265 e. The van der Waals surface area contributed by atoms with Gasteiger partial charge in [0.1, 0.15) is 6.33 Å². The molecule has 10 nitrogen and oxygen atoms in total. The first-order chi connectivity index (χ1) is 14.1. The summed E-state index contributed by atoms with van der Waals surface area (Å²) in [6.07, 6.45) is 5.45. The summed E-state index contributed by atoms with van der Waals surface area (Å²) in [7, 11) is -7.16. The van der Waals surface area contributed by atoms with Gasteiger partial charge < -0.3 is 0 Å². The molecule has 3 aromatic heterocycles. The number of sulfonamides is 1. The van der Waals surface area contributed by atoms with Crippen molar-refractivity contribution in [2.75, 3.05) is 19.3 Å². The third-order valence-electron chi connectivity index (χ3n) is 5.06. The van der Waals surface area contributed by atoms with Crippen LogP contribution in [0.2, 0.25) is 0 Å². The van der Waals surface area contributed by atoms with Crippen LogP contribution < -0.4 is 0 Å². The van der Waals surface area contributed by atoms with Crippen molar-refractivity contribution in [2.24, 2.45) is 0 Å². The van der Waals surface area contributed by atoms with E-state index >= 15 is 0 Å². The topological polar surface area (TPSA) is 124 Å². The molecule has 0 aliphatic carbocycles. The minimum atomic E-state index is -3.60. The van der Waals surface area contributed by atoms with Crippen LogP contribution in [0.1, 0.15) is 35.6 Å². The van der Waals surface area contributed by atoms with Gasteiger partial charge in [-0.1, -0.05) is 0 Å². The lowest BCUT2D eigenvalue weighted by Crippen LogP contribution is -2.37. The van der Waals surface area contributed by atoms with E-state index in [0.29, 0.717) is 42.8 Å². The van der Waals surface area contributed by atoms with Crippen LogP contribution in [0.5, 0.6) is 0 Å². The number of piperidine rings is 1. The molecule has 0 bridgehead atoms. The summed E-state index contributed by atoms with van der Waals surface area (Å²) in [4.78, 5) is 4.14. The monoisotopic (exact) mass is 471 g/mol. The van der Waals surface area contributed by atoms with Gasteiger partial charge in [0.05, 0.1) is 18.6 Å². The fraction of sp³-hybridized carbons (Fsp3) is 0.471. The number of aromatic nitrogens is 4. The van der Waals surface area contributed by atoms with Crippen molar-refractivity contribution in [3.63, 3.8) is 0 Å². The number of hydrogen-bond donors (Lipinski definition) is 0. The van der Waals surface area contributed by atoms with E-state index in [9.17, 15) is 16.8 Å². The number of hydrogen-bond acceptors (Lipinski definition) is 9. The SMILES string of the molecule is Cc1cc(S(=O)(=O)N2CCC(c3cn4ncnc4cc3COS(C)(=O)=O)CC2)sn1. The van der Waals surface area contributed by atoms with Crippen molar-refractivity contribution in [3.05, 3.63) is 41.5 Å². The van der Waals surface area contributed by atoms with Gasteiger partial charge in [0, 0.05) is 19.3 Å². The summed E-state index contributed by atoms with van der Waals surface area (Å²) >= 11 is 0.989. The fourth-order valence-electron chi connectivity index (χ4n) is 3.57. The molecule has 162 valence electrons. The summed E-state index contributed by atoms with van der Waals surface area (Å²) in [5.41, 5.74) is 2.87. The van der Waals surface area contributed by atoms with Gasteiger partial charge in [0.15, 0.2) is 9.86 Å². The smallest absolute Gasteiger partial charge is 0.264 e. The maximum atomic E-state index is 12.9. The van der Waals surface area contributed by atoms with Crippen LogP contribution in [-0.4, -0.2) is 59.5 Å². The van der Waals surface area contributed by atoms with Crippen LogP contribution >= 0.6 is 11.5 Å². The summed E-state index contributed by atoms with van der Waals surface area (Å²) < 4.78 is 61.1. The van der Waals surface area contributed by atoms with E-state index in [1.165, 1.54) is 10.6 Å². The Hall–Kier alpha value is -1.93. The zero-order valence-electron chi connectivity index (χ0n) is 16.4. The standard InChI is InChI=1S/C17H21N5O5S3/c1-12-7-17(28-20-12)30(25,26)21-5-3-13(4-6-21)15-9-22-16(18-11-19-22)8-14(15)10-27-29(2,23)24/h7-9,11,13H,3-6,10H2,1-2H3. The number of nitrogens with zero attached hydrogens (tertiary/aromatic N) is 5. The second kappa shape index (κ2) is 7.96. The lowest BCUT2D eigenvalue weighted by atomic mass is 9.88. The highest BCUT2D eigenvalue weighted by molar-refractivity contribution is 7.91. The molecule has 0 spiro atoms. The Bertz CT molecular complexity index is 1270. The molecule has 0 amide bonds. The van der Waals surface area contributed by atoms with Crippen LogP contribution in [0.4, 0.5) is 0 Å². The van der Waals surface area contributed by atoms with Gasteiger partial charge in [-0.15, -0.1) is 0 Å². The summed E-state index contributed by atoms with van der Waals surface area (Å²) in [5, 5.41) is 4.16. The van der Waals surface area contributed by atoms with Gasteiger partial charge in [-0.2, -0.15) is 22.2 Å². The summed E-state index contributed by atoms with van der Waals surface area (Å²) in [6, 6.07) is 3.35. The molecule has 1 fully saturated rings. The van der Waals surface area contributed by atoms with E-state index in [1.807, 2.05) is 6.20 Å². The molecule has 1 aliphatic rings. The second-order valence-electron chi connectivity index (χ2n) is 7.25. The highest BCUT2D eigenvalue weighted by atomic mass is 32.2. The molecule has 0 atom stereocenters. The van der Waals surface area contributed by atoms with Gasteiger partial charge in [0.2, 0.25) is 0 Å². The highest BCUT2D eigenvalue weighted by Crippen LogP contribution is 2.34. The van der Waals surface area contributed by atoms with Crippen molar-refractivity contribution in [3.8, 4) is 0 Å². The average molecular weight is 472 g/mol. The summed E-state index contributed by atoms with van der Waals surface area (Å²) in [5.74, 6) is 0.0476. The lowest BCUT2D eigenvalue weighted by Gasteiger charge is -2.31. The molecule has 13 heteroatoms. The second-order valence-corrected chi connectivity index (χ2v) is 11.9. The Morgan fingerprint density at radius 2 is 1.93 bits per heavy atom. The van der Waals surface area contributed by atoms with Crippen LogP contribution in [0.3, 0.4) is 0 Å². The number of rotatable bonds is 6. The van der Waals surface area contributed by atoms with Crippen molar-refractivity contribution in [2.45, 2.75) is 36.5 Å². The predicted molar refractivity (Wildman–Crippen MR) is 110 cm³/mol. The normalized spacial score (nSPS) is 17.0. The zero-order chi connectivity index (χ0) is 21.5. The van der Waals surface area contributed by atoms with Crippen LogP contribution in [0.15, 0.2) is 28.9 Å². The predicted octanol–water partition coefficient (Wildman–Crippen LogP) is 1.54. The van der Waals surface area contributed by atoms with Gasteiger partial charge >= 0.3 is 0 Å². The highest BCUT2D eigenvalue weighted by Gasteiger charge is 2.32. The Kier molecular flexibility index (Phi) is 5.66. The molecule has 1 saturated heterocycles. The largest absolute Gasteiger partial charge is 0.265 e. The molecule has 0 N–H and O–H groups in total. The Morgan fingerprint density at radius 1 is 1.20 bits per heavy atom. The molecule has 0 unspecified atom stereocenters. The third-order valence-corrected chi connectivity index (χ3v) is 8.81. The number of pyridine rings is 1. The van der Waals surface area contributed by atoms with E-state index < -0.39 is 20.1 Å². The first kappa shape index (κ1) is 21.3. The molecule has 1 aliphatic heterocycles. The third kappa shape index (κ3) is 4.39. The molecular weight excluding hydrogens is 450 g/mol. The van der Waals surface area contributed by atoms with E-state index in [1.54, 1.807) is 23.6 Å². The molecule has 3 aromatic rings. The van der Waals surface area contributed by atoms with Gasteiger partial charge in [0.25, 0.3) is 20.1 Å². The van der Waals surface area contributed by atoms with E-state index in [4.69, 9.17) is 4.18 Å².